The van der Waals surface area contributed by atoms with Crippen LogP contribution in [0.4, 0.5) is 5.69 Å². The van der Waals surface area contributed by atoms with E-state index in [2.05, 4.69) is 23.2 Å². The molecule has 0 atom stereocenters. The quantitative estimate of drug-likeness (QED) is 0.0780. The lowest BCUT2D eigenvalue weighted by Gasteiger charge is -2.28. The Bertz CT molecular complexity index is 1460. The number of carbonyl (C=O) groups excluding carboxylic acids is 2. The van der Waals surface area contributed by atoms with Crippen LogP contribution in [0.25, 0.3) is 4.85 Å². The Morgan fingerprint density at radius 2 is 1.28 bits per heavy atom. The molecule has 12 heteroatoms. The fourth-order valence-electron chi connectivity index (χ4n) is 5.28. The number of thiocarbonyl (C=S) groups is 1. The van der Waals surface area contributed by atoms with Gasteiger partial charge in [0.15, 0.2) is 5.69 Å². The number of hydrogen-bond donors (Lipinski definition) is 2. The molecule has 4 rings (SSSR count). The van der Waals surface area contributed by atoms with Crippen molar-refractivity contribution in [2.75, 3.05) is 27.4 Å². The Morgan fingerprint density at radius 1 is 0.848 bits per heavy atom. The predicted molar refractivity (Wildman–Crippen MR) is 196 cm³/mol. The monoisotopic (exact) mass is 706 g/mol. The van der Waals surface area contributed by atoms with E-state index < -0.39 is 5.69 Å². The van der Waals surface area contributed by atoms with Gasteiger partial charge in [-0.2, -0.15) is 0 Å². The van der Waals surface area contributed by atoms with E-state index in [1.807, 2.05) is 33.8 Å². The topological polar surface area (TPSA) is 101 Å². The SMILES string of the molecule is CCOP(=S)(S)OCC.CCc1cc(C2CCC2)c(C(N)=S)cc1C(=O)OC.[C-]#[N+]c1cc(C(=O)OC)c(CC)cc1C1CCC1. The van der Waals surface area contributed by atoms with Gasteiger partial charge < -0.3 is 24.3 Å². The van der Waals surface area contributed by atoms with Crippen molar-refractivity contribution in [3.05, 3.63) is 74.6 Å². The number of aryl methyl sites for hydroxylation is 2. The number of carbonyl (C=O) groups is 2. The second-order valence-corrected chi connectivity index (χ2v) is 16.6. The lowest BCUT2D eigenvalue weighted by molar-refractivity contribution is 0.0590. The molecule has 0 unspecified atom stereocenters. The lowest BCUT2D eigenvalue weighted by Crippen LogP contribution is -2.20. The number of esters is 2. The number of hydrogen-bond acceptors (Lipinski definition) is 8. The molecule has 0 saturated heterocycles. The van der Waals surface area contributed by atoms with E-state index in [0.717, 1.165) is 47.9 Å². The Morgan fingerprint density at radius 3 is 1.63 bits per heavy atom. The van der Waals surface area contributed by atoms with Crippen LogP contribution in [-0.2, 0) is 43.2 Å². The van der Waals surface area contributed by atoms with Crippen molar-refractivity contribution in [3.63, 3.8) is 0 Å². The maximum Gasteiger partial charge on any atom is 0.338 e. The molecule has 8 nitrogen and oxygen atoms in total. The number of nitrogens with two attached hydrogens (primary N) is 1. The number of nitrogens with zero attached hydrogens (tertiary/aromatic N) is 1. The van der Waals surface area contributed by atoms with Crippen LogP contribution in [0.3, 0.4) is 0 Å². The molecule has 0 heterocycles. The highest BCUT2D eigenvalue weighted by Crippen LogP contribution is 2.53. The van der Waals surface area contributed by atoms with Crippen molar-refractivity contribution < 1.29 is 28.1 Å². The summed E-state index contributed by atoms with van der Waals surface area (Å²) in [6, 6.07) is 7.63. The van der Waals surface area contributed by atoms with Crippen LogP contribution in [0.2, 0.25) is 0 Å². The maximum absolute atomic E-state index is 11.8. The second kappa shape index (κ2) is 19.5. The molecule has 2 saturated carbocycles. The van der Waals surface area contributed by atoms with Crippen molar-refractivity contribution in [1.29, 1.82) is 0 Å². The highest BCUT2D eigenvalue weighted by Gasteiger charge is 2.26. The molecule has 2 N–H and O–H groups in total. The molecule has 2 fully saturated rings. The van der Waals surface area contributed by atoms with E-state index in [9.17, 15) is 9.59 Å². The van der Waals surface area contributed by atoms with E-state index in [-0.39, 0.29) is 11.9 Å². The molecule has 0 spiro atoms. The van der Waals surface area contributed by atoms with Gasteiger partial charge in [-0.15, -0.1) is 0 Å². The molecule has 0 bridgehead atoms. The van der Waals surface area contributed by atoms with Gasteiger partial charge in [0.05, 0.1) is 45.1 Å². The van der Waals surface area contributed by atoms with Crippen LogP contribution in [0, 0.1) is 6.57 Å². The van der Waals surface area contributed by atoms with E-state index >= 15 is 0 Å². The van der Waals surface area contributed by atoms with Crippen LogP contribution in [0.5, 0.6) is 0 Å². The average molecular weight is 707 g/mol. The van der Waals surface area contributed by atoms with Crippen molar-refractivity contribution >= 4 is 64.6 Å². The van der Waals surface area contributed by atoms with Gasteiger partial charge in [-0.3, -0.25) is 0 Å². The van der Waals surface area contributed by atoms with Crippen LogP contribution < -0.4 is 5.73 Å². The third-order valence-corrected chi connectivity index (χ3v) is 10.9. The fraction of sp³-hybridized carbons (Fsp3) is 0.529. The number of thiol groups is 1. The largest absolute Gasteiger partial charge is 0.465 e. The Kier molecular flexibility index (Phi) is 16.9. The molecular weight excluding hydrogens is 660 g/mol. The zero-order valence-electron chi connectivity index (χ0n) is 27.7. The normalized spacial score (nSPS) is 14.2. The molecule has 2 aromatic carbocycles. The summed E-state index contributed by atoms with van der Waals surface area (Å²) >= 11 is 14.0. The molecule has 252 valence electrons. The fourth-order valence-corrected chi connectivity index (χ4v) is 7.51. The summed E-state index contributed by atoms with van der Waals surface area (Å²) in [6.45, 7) is 16.2. The third kappa shape index (κ3) is 10.9. The van der Waals surface area contributed by atoms with Gasteiger partial charge in [0.1, 0.15) is 4.99 Å². The highest BCUT2D eigenvalue weighted by atomic mass is 32.9. The summed E-state index contributed by atoms with van der Waals surface area (Å²) in [7, 11) is 2.77. The Labute approximate surface area is 290 Å². The first-order valence-electron chi connectivity index (χ1n) is 15.7. The second-order valence-electron chi connectivity index (χ2n) is 10.9. The Balaban J connectivity index is 0.000000256. The van der Waals surface area contributed by atoms with Gasteiger partial charge in [0.25, 0.3) is 0 Å². The van der Waals surface area contributed by atoms with E-state index in [0.29, 0.717) is 46.9 Å². The minimum atomic E-state index is -2.16. The van der Waals surface area contributed by atoms with Crippen LogP contribution in [0.1, 0.15) is 127 Å². The van der Waals surface area contributed by atoms with E-state index in [1.165, 1.54) is 45.5 Å². The molecule has 2 aliphatic rings. The molecule has 2 aromatic rings. The Hall–Kier alpha value is -2.32. The number of methoxy groups -OCH3 is 2. The zero-order chi connectivity index (χ0) is 34.4. The first-order chi connectivity index (χ1) is 21.9. The molecule has 46 heavy (non-hydrogen) atoms. The van der Waals surface area contributed by atoms with Gasteiger partial charge in [-0.1, -0.05) is 63.3 Å². The molecule has 0 aliphatic heterocycles. The van der Waals surface area contributed by atoms with Crippen molar-refractivity contribution in [2.45, 2.75) is 90.9 Å². The van der Waals surface area contributed by atoms with Crippen molar-refractivity contribution in [1.82, 2.24) is 0 Å². The molecular formula is C34H47N2O6PS3. The summed E-state index contributed by atoms with van der Waals surface area (Å²) in [6.07, 6.45) is 8.73. The zero-order valence-corrected chi connectivity index (χ0v) is 31.1. The number of ether oxygens (including phenoxy) is 2. The standard InChI is InChI=1S/C15H19NO2S.C15H17NO2.C4H11O2PS2/c1-3-9-7-11(10-5-4-6-10)13(14(16)19)8-12(9)15(17)18-2;1-4-10-8-12(11-6-5-7-11)14(16-2)9-13(10)15(17)18-3;1-3-5-7(8,9)6-4-2/h7-8,10H,3-6H2,1-2H3,(H2,16,19);8-9,11H,4-7H2,1,3H3;3-4H2,1-2H3,(H,8,9). The summed E-state index contributed by atoms with van der Waals surface area (Å²) in [5.74, 6) is 0.367. The minimum absolute atomic E-state index is 0.325. The first-order valence-corrected chi connectivity index (χ1v) is 19.9. The van der Waals surface area contributed by atoms with Gasteiger partial charge in [0, 0.05) is 5.56 Å². The summed E-state index contributed by atoms with van der Waals surface area (Å²) < 4.78 is 19.7. The number of rotatable bonds is 11. The van der Waals surface area contributed by atoms with Crippen LogP contribution >= 0.6 is 30.2 Å². The van der Waals surface area contributed by atoms with Gasteiger partial charge in [-0.25, -0.2) is 14.4 Å². The number of benzene rings is 2. The van der Waals surface area contributed by atoms with Crippen molar-refractivity contribution in [2.24, 2.45) is 5.73 Å². The third-order valence-electron chi connectivity index (χ3n) is 8.16. The summed E-state index contributed by atoms with van der Waals surface area (Å²) in [5.41, 5.74) is 10.5. The molecule has 0 aromatic heterocycles. The van der Waals surface area contributed by atoms with Crippen LogP contribution in [-0.4, -0.2) is 44.4 Å². The maximum atomic E-state index is 11.8. The highest BCUT2D eigenvalue weighted by molar-refractivity contribution is 8.60. The molecule has 0 amide bonds. The molecule has 0 radical (unpaired) electrons. The van der Waals surface area contributed by atoms with Gasteiger partial charge in [-0.05, 0) is 110 Å². The van der Waals surface area contributed by atoms with Crippen LogP contribution in [0.15, 0.2) is 24.3 Å². The predicted octanol–water partition coefficient (Wildman–Crippen LogP) is 9.00. The van der Waals surface area contributed by atoms with Gasteiger partial charge in [0.2, 0.25) is 5.69 Å². The summed E-state index contributed by atoms with van der Waals surface area (Å²) in [4.78, 5) is 27.5. The molecule has 2 aliphatic carbocycles. The average Bonchev–Trinajstić information content (AvgIpc) is 2.98. The lowest BCUT2D eigenvalue weighted by atomic mass is 9.77. The van der Waals surface area contributed by atoms with E-state index in [1.54, 1.807) is 12.1 Å². The van der Waals surface area contributed by atoms with Crippen molar-refractivity contribution in [3.8, 4) is 0 Å². The smallest absolute Gasteiger partial charge is 0.338 e. The minimum Gasteiger partial charge on any atom is -0.465 e. The van der Waals surface area contributed by atoms with E-state index in [4.69, 9.17) is 54.9 Å². The summed E-state index contributed by atoms with van der Waals surface area (Å²) in [5, 5.41) is 0. The first kappa shape index (κ1) is 39.9. The van der Waals surface area contributed by atoms with Gasteiger partial charge >= 0.3 is 11.9 Å².